The molecule has 7 heteroatoms. The first-order chi connectivity index (χ1) is 14.1. The molecule has 0 saturated heterocycles. The van der Waals surface area contributed by atoms with Gasteiger partial charge in [0.15, 0.2) is 0 Å². The minimum Gasteiger partial charge on any atom is -0.550 e. The molecule has 2 rings (SSSR count). The van der Waals surface area contributed by atoms with Gasteiger partial charge in [0, 0.05) is 24.7 Å². The maximum Gasteiger partial charge on any atom is 0.308 e. The lowest BCUT2D eigenvalue weighted by Gasteiger charge is -2.43. The van der Waals surface area contributed by atoms with Gasteiger partial charge in [-0.25, -0.2) is 0 Å². The molecular formula is C23H35O7-. The van der Waals surface area contributed by atoms with Crippen LogP contribution in [0.4, 0.5) is 0 Å². The maximum atomic E-state index is 12.4. The monoisotopic (exact) mass is 423 g/mol. The van der Waals surface area contributed by atoms with E-state index in [0.29, 0.717) is 25.7 Å². The van der Waals surface area contributed by atoms with E-state index in [-0.39, 0.29) is 36.1 Å². The summed E-state index contributed by atoms with van der Waals surface area (Å²) < 4.78 is 5.83. The molecule has 0 heterocycles. The number of rotatable bonds is 10. The highest BCUT2D eigenvalue weighted by Gasteiger charge is 2.42. The second-order valence-corrected chi connectivity index (χ2v) is 8.86. The van der Waals surface area contributed by atoms with E-state index in [4.69, 9.17) is 4.74 Å². The van der Waals surface area contributed by atoms with Gasteiger partial charge in [0.2, 0.25) is 0 Å². The predicted octanol–water partition coefficient (Wildman–Crippen LogP) is 1.11. The van der Waals surface area contributed by atoms with Crippen molar-refractivity contribution in [1.82, 2.24) is 0 Å². The molecule has 0 saturated carbocycles. The van der Waals surface area contributed by atoms with Gasteiger partial charge in [-0.2, -0.15) is 0 Å². The van der Waals surface area contributed by atoms with E-state index in [9.17, 15) is 30.0 Å². The molecule has 0 aromatic carbocycles. The number of carboxylic acid groups (broad SMARTS) is 1. The van der Waals surface area contributed by atoms with Crippen LogP contribution >= 0.6 is 0 Å². The van der Waals surface area contributed by atoms with Gasteiger partial charge in [-0.15, -0.1) is 0 Å². The molecule has 0 aromatic heterocycles. The van der Waals surface area contributed by atoms with Crippen molar-refractivity contribution in [1.29, 1.82) is 0 Å². The van der Waals surface area contributed by atoms with Crippen molar-refractivity contribution in [2.45, 2.75) is 83.7 Å². The van der Waals surface area contributed by atoms with Crippen molar-refractivity contribution in [2.75, 3.05) is 0 Å². The summed E-state index contributed by atoms with van der Waals surface area (Å²) in [7, 11) is 0. The predicted molar refractivity (Wildman–Crippen MR) is 109 cm³/mol. The Kier molecular flexibility index (Phi) is 9.07. The van der Waals surface area contributed by atoms with Gasteiger partial charge in [0.25, 0.3) is 0 Å². The maximum absolute atomic E-state index is 12.4. The topological polar surface area (TPSA) is 127 Å². The average molecular weight is 424 g/mol. The van der Waals surface area contributed by atoms with Gasteiger partial charge >= 0.3 is 5.97 Å². The van der Waals surface area contributed by atoms with Crippen molar-refractivity contribution < 1.29 is 34.8 Å². The van der Waals surface area contributed by atoms with Crippen LogP contribution in [-0.2, 0) is 14.3 Å². The molecule has 170 valence electrons. The second-order valence-electron chi connectivity index (χ2n) is 8.86. The van der Waals surface area contributed by atoms with Crippen LogP contribution in [0.5, 0.6) is 0 Å². The van der Waals surface area contributed by atoms with E-state index in [1.807, 2.05) is 26.0 Å². The number of carboxylic acids is 1. The van der Waals surface area contributed by atoms with Crippen LogP contribution in [0.2, 0.25) is 0 Å². The number of hydrogen-bond acceptors (Lipinski definition) is 7. The molecule has 1 unspecified atom stereocenters. The molecule has 7 nitrogen and oxygen atoms in total. The largest absolute Gasteiger partial charge is 0.550 e. The van der Waals surface area contributed by atoms with Crippen LogP contribution < -0.4 is 5.11 Å². The van der Waals surface area contributed by atoms with Crippen molar-refractivity contribution in [3.8, 4) is 0 Å². The van der Waals surface area contributed by atoms with Crippen LogP contribution in [-0.4, -0.2) is 51.7 Å². The molecule has 0 bridgehead atoms. The number of aliphatic hydroxyl groups is 3. The van der Waals surface area contributed by atoms with Gasteiger partial charge < -0.3 is 30.0 Å². The van der Waals surface area contributed by atoms with E-state index in [1.165, 1.54) is 0 Å². The Morgan fingerprint density at radius 1 is 1.30 bits per heavy atom. The smallest absolute Gasteiger partial charge is 0.308 e. The third kappa shape index (κ3) is 6.65. The molecule has 2 aliphatic carbocycles. The number of fused-ring (bicyclic) bond motifs is 1. The number of esters is 1. The fourth-order valence-corrected chi connectivity index (χ4v) is 4.51. The zero-order valence-electron chi connectivity index (χ0n) is 18.1. The summed E-state index contributed by atoms with van der Waals surface area (Å²) in [4.78, 5) is 23.0. The third-order valence-electron chi connectivity index (χ3n) is 6.43. The Morgan fingerprint density at radius 3 is 2.63 bits per heavy atom. The van der Waals surface area contributed by atoms with Crippen molar-refractivity contribution >= 4 is 11.9 Å². The first-order valence-corrected chi connectivity index (χ1v) is 11.0. The summed E-state index contributed by atoms with van der Waals surface area (Å²) >= 11 is 0. The Labute approximate surface area is 178 Å². The summed E-state index contributed by atoms with van der Waals surface area (Å²) in [6.07, 6.45) is 4.31. The molecule has 0 spiro atoms. The Balaban J connectivity index is 2.09. The van der Waals surface area contributed by atoms with Gasteiger partial charge in [-0.1, -0.05) is 39.0 Å². The Bertz CT molecular complexity index is 656. The van der Waals surface area contributed by atoms with Crippen molar-refractivity contribution in [2.24, 2.45) is 23.7 Å². The van der Waals surface area contributed by atoms with Crippen LogP contribution in [0.15, 0.2) is 23.8 Å². The second kappa shape index (κ2) is 11.1. The zero-order chi connectivity index (χ0) is 22.4. The molecule has 0 amide bonds. The molecule has 3 N–H and O–H groups in total. The van der Waals surface area contributed by atoms with Crippen LogP contribution in [0.25, 0.3) is 0 Å². The third-order valence-corrected chi connectivity index (χ3v) is 6.43. The molecule has 2 aliphatic rings. The van der Waals surface area contributed by atoms with Gasteiger partial charge in [-0.05, 0) is 43.1 Å². The van der Waals surface area contributed by atoms with E-state index >= 15 is 0 Å². The van der Waals surface area contributed by atoms with E-state index in [0.717, 1.165) is 5.57 Å². The number of aliphatic carboxylic acids is 1. The number of allylic oxidation sites excluding steroid dienone is 2. The number of aliphatic hydroxyl groups excluding tert-OH is 3. The zero-order valence-corrected chi connectivity index (χ0v) is 18.1. The number of carbonyl (C=O) groups is 2. The highest BCUT2D eigenvalue weighted by Crippen LogP contribution is 2.44. The summed E-state index contributed by atoms with van der Waals surface area (Å²) in [5.74, 6) is -1.60. The lowest BCUT2D eigenvalue weighted by atomic mass is 9.66. The quantitative estimate of drug-likeness (QED) is 0.449. The molecule has 0 aromatic rings. The Morgan fingerprint density at radius 2 is 2.00 bits per heavy atom. The molecule has 0 radical (unpaired) electrons. The van der Waals surface area contributed by atoms with Crippen LogP contribution in [0.1, 0.15) is 59.3 Å². The van der Waals surface area contributed by atoms with Gasteiger partial charge in [-0.3, -0.25) is 4.79 Å². The average Bonchev–Trinajstić information content (AvgIpc) is 2.65. The first kappa shape index (κ1) is 24.6. The SMILES string of the molecule is CC[C@H](C)C(=O)OC1C[C@H](O)C=C2C=C[C@H](C)[C@H](CC[C@@H](O)C[C@@H](O)CC(=O)[O-])[C@H]21. The lowest BCUT2D eigenvalue weighted by Crippen LogP contribution is -2.43. The van der Waals surface area contributed by atoms with Crippen molar-refractivity contribution in [3.63, 3.8) is 0 Å². The van der Waals surface area contributed by atoms with Crippen LogP contribution in [0.3, 0.4) is 0 Å². The van der Waals surface area contributed by atoms with E-state index in [1.54, 1.807) is 0 Å². The summed E-state index contributed by atoms with van der Waals surface area (Å²) in [6.45, 7) is 5.83. The Hall–Kier alpha value is -1.70. The number of carbonyl (C=O) groups excluding carboxylic acids is 2. The van der Waals surface area contributed by atoms with Gasteiger partial charge in [0.05, 0.1) is 24.2 Å². The van der Waals surface area contributed by atoms with E-state index in [2.05, 4.69) is 13.0 Å². The molecule has 30 heavy (non-hydrogen) atoms. The first-order valence-electron chi connectivity index (χ1n) is 11.0. The summed E-state index contributed by atoms with van der Waals surface area (Å²) in [6, 6.07) is 0. The fraction of sp³-hybridized carbons (Fsp3) is 0.739. The standard InChI is InChI=1S/C23H36O7/c1-4-13(2)23(29)30-20-11-17(25)9-15-6-5-14(3)19(22(15)20)8-7-16(24)10-18(26)12-21(27)28/h5-6,9,13-14,16-20,22,24-26H,4,7-8,10-12H2,1-3H3,(H,27,28)/p-1/t13-,14-,16+,17+,18+,19-,20?,22-/m0/s1. The highest BCUT2D eigenvalue weighted by molar-refractivity contribution is 5.72. The summed E-state index contributed by atoms with van der Waals surface area (Å²) in [5, 5.41) is 40.8. The minimum absolute atomic E-state index is 0.0244. The van der Waals surface area contributed by atoms with E-state index < -0.39 is 36.8 Å². The number of ether oxygens (including phenoxy) is 1. The summed E-state index contributed by atoms with van der Waals surface area (Å²) in [5.41, 5.74) is 0.949. The van der Waals surface area contributed by atoms with Crippen LogP contribution in [0, 0.1) is 23.7 Å². The van der Waals surface area contributed by atoms with Gasteiger partial charge in [0.1, 0.15) is 6.10 Å². The number of hydrogen-bond donors (Lipinski definition) is 3. The molecule has 8 atom stereocenters. The fourth-order valence-electron chi connectivity index (χ4n) is 4.51. The lowest BCUT2D eigenvalue weighted by molar-refractivity contribution is -0.307. The van der Waals surface area contributed by atoms with Crippen molar-refractivity contribution in [3.05, 3.63) is 23.8 Å². The minimum atomic E-state index is -1.35. The molecule has 0 fully saturated rings. The highest BCUT2D eigenvalue weighted by atomic mass is 16.5. The normalized spacial score (nSPS) is 31.3. The molecule has 0 aliphatic heterocycles. The molecular weight excluding hydrogens is 388 g/mol.